The van der Waals surface area contributed by atoms with Crippen LogP contribution in [0, 0.1) is 0 Å². The quantitative estimate of drug-likeness (QED) is 0.0568. The fourth-order valence-corrected chi connectivity index (χ4v) is 8.47. The molecule has 3 heterocycles. The van der Waals surface area contributed by atoms with Gasteiger partial charge < -0.3 is 41.7 Å². The molecule has 2 amide bonds. The Morgan fingerprint density at radius 3 is 1.51 bits per heavy atom. The van der Waals surface area contributed by atoms with Crippen LogP contribution >= 0.6 is 50.7 Å². The Morgan fingerprint density at radius 1 is 0.618 bits per heavy atom. The fraction of sp³-hybridized carbons (Fsp3) is 0.509. The van der Waals surface area contributed by atoms with Gasteiger partial charge in [-0.3, -0.25) is 10.6 Å². The van der Waals surface area contributed by atoms with E-state index in [0.717, 1.165) is 57.4 Å². The Hall–Kier alpha value is -3.58. The predicted octanol–water partition coefficient (Wildman–Crippen LogP) is 14.7. The molecular formula is C53H79BrCl4N6O4. The number of hydrogen-bond donors (Lipinski definition) is 4. The highest BCUT2D eigenvalue weighted by molar-refractivity contribution is 9.09. The van der Waals surface area contributed by atoms with Gasteiger partial charge in [-0.25, -0.2) is 9.59 Å². The molecule has 0 fully saturated rings. The number of ether oxygens (including phenoxy) is 2. The summed E-state index contributed by atoms with van der Waals surface area (Å²) in [5, 5.41) is 11.5. The zero-order valence-corrected chi connectivity index (χ0v) is 45.8. The number of nitrogens with zero attached hydrogens (tertiary/aromatic N) is 2. The number of hydrogen-bond acceptors (Lipinski definition) is 4. The number of amides is 2. The van der Waals surface area contributed by atoms with E-state index < -0.39 is 23.4 Å². The van der Waals surface area contributed by atoms with Crippen molar-refractivity contribution in [3.05, 3.63) is 88.3 Å². The van der Waals surface area contributed by atoms with Crippen molar-refractivity contribution in [2.45, 2.75) is 171 Å². The van der Waals surface area contributed by atoms with E-state index in [1.165, 1.54) is 81.5 Å². The molecule has 0 aliphatic heterocycles. The maximum absolute atomic E-state index is 12.1. The summed E-state index contributed by atoms with van der Waals surface area (Å²) in [6, 6.07) is 17.5. The highest BCUT2D eigenvalue weighted by Crippen LogP contribution is 2.34. The Bertz CT molecular complexity index is 2400. The lowest BCUT2D eigenvalue weighted by molar-refractivity contribution is -0.252. The molecule has 380 valence electrons. The molecule has 0 bridgehead atoms. The van der Waals surface area contributed by atoms with E-state index in [1.54, 1.807) is 12.3 Å². The minimum absolute atomic E-state index is 0. The molecule has 3 aromatic carbocycles. The van der Waals surface area contributed by atoms with E-state index in [0.29, 0.717) is 21.4 Å². The number of aromatic amines is 1. The lowest BCUT2D eigenvalue weighted by atomic mass is 10.2. The topological polar surface area (TPSA) is 130 Å². The van der Waals surface area contributed by atoms with Crippen molar-refractivity contribution in [1.82, 2.24) is 14.1 Å². The van der Waals surface area contributed by atoms with Gasteiger partial charge in [0, 0.05) is 53.3 Å². The van der Waals surface area contributed by atoms with Gasteiger partial charge in [-0.2, -0.15) is 0 Å². The molecule has 10 nitrogen and oxygen atoms in total. The van der Waals surface area contributed by atoms with Crippen LogP contribution in [0.3, 0.4) is 0 Å². The number of carbonyl (C=O) groups excluding carboxylic acids is 2. The normalized spacial score (nSPS) is 11.0. The van der Waals surface area contributed by atoms with Gasteiger partial charge in [0.25, 0.3) is 0 Å². The summed E-state index contributed by atoms with van der Waals surface area (Å²) in [5.74, 6) is 0. The van der Waals surface area contributed by atoms with Crippen LogP contribution < -0.4 is 28.8 Å². The van der Waals surface area contributed by atoms with Crippen LogP contribution in [0.1, 0.15) is 147 Å². The summed E-state index contributed by atoms with van der Waals surface area (Å²) in [7, 11) is 0. The number of carbonyl (C=O) groups is 2. The Balaban J connectivity index is 0.000000476. The van der Waals surface area contributed by atoms with Crippen LogP contribution in [-0.4, -0.2) is 42.8 Å². The van der Waals surface area contributed by atoms with Crippen LogP contribution in [0.2, 0.25) is 15.1 Å². The second kappa shape index (κ2) is 31.6. The number of anilines is 2. The number of rotatable bonds is 16. The standard InChI is InChI=1S/C19H27ClN2O2.C14H19ClN2.C13H15ClN2O2.C6H13Br.CH4.ClH/c1-5-6-7-8-12-22-13-14(20)17-15(10-9-11-16(17)22)21-18(23)24-19(2,3)4;1-2-3-4-5-9-17-10-11(15)14-12(16)7-6-8-13(14)17;1-13(2,3)18-12(17)16-10-6-4-5-9-11(10)8(14)7-15-9;1-2-3-4-5-6-7;;/h9-11,13H,5-8,12H2,1-4H3,(H,21,23);6-8,10H,2-5,9,16H2,1H3;4-7,15H,1-3H3,(H,16,17);2-6H2,1H3;1H4;1H. The van der Waals surface area contributed by atoms with Gasteiger partial charge in [0.05, 0.1) is 42.9 Å². The van der Waals surface area contributed by atoms with E-state index in [2.05, 4.69) is 73.3 Å². The molecule has 0 aliphatic rings. The molecule has 15 heteroatoms. The first-order valence-electron chi connectivity index (χ1n) is 23.5. The summed E-state index contributed by atoms with van der Waals surface area (Å²) >= 11 is 22.1. The molecule has 0 radical (unpaired) electrons. The summed E-state index contributed by atoms with van der Waals surface area (Å²) in [6.07, 6.45) is 20.1. The van der Waals surface area contributed by atoms with Crippen LogP contribution in [0.25, 0.3) is 32.7 Å². The lowest BCUT2D eigenvalue weighted by Gasteiger charge is -2.20. The maximum atomic E-state index is 12.1. The van der Waals surface area contributed by atoms with Crippen molar-refractivity contribution in [1.29, 1.82) is 0 Å². The van der Waals surface area contributed by atoms with Crippen molar-refractivity contribution in [3.63, 3.8) is 0 Å². The zero-order chi connectivity index (χ0) is 48.9. The van der Waals surface area contributed by atoms with Gasteiger partial charge in [0.15, 0.2) is 0 Å². The molecule has 6 aromatic rings. The average molecular weight is 1090 g/mol. The van der Waals surface area contributed by atoms with Crippen LogP contribution in [0.5, 0.6) is 0 Å². The highest BCUT2D eigenvalue weighted by Gasteiger charge is 2.20. The van der Waals surface area contributed by atoms with E-state index in [1.807, 2.05) is 96.4 Å². The molecule has 6 rings (SSSR count). The predicted molar refractivity (Wildman–Crippen MR) is 292 cm³/mol. The molecule has 68 heavy (non-hydrogen) atoms. The number of H-pyrrole nitrogens is 1. The van der Waals surface area contributed by atoms with Gasteiger partial charge in [0.2, 0.25) is 0 Å². The summed E-state index contributed by atoms with van der Waals surface area (Å²) in [4.78, 5) is 26.8. The molecular weight excluding hydrogens is 1010 g/mol. The van der Waals surface area contributed by atoms with E-state index >= 15 is 0 Å². The summed E-state index contributed by atoms with van der Waals surface area (Å²) in [5.41, 5.74) is 8.41. The molecule has 0 saturated heterocycles. The van der Waals surface area contributed by atoms with Gasteiger partial charge >= 0.3 is 12.2 Å². The van der Waals surface area contributed by atoms with Crippen LogP contribution in [-0.2, 0) is 22.6 Å². The minimum Gasteiger partial charge on any atom is -1.00 e. The minimum atomic E-state index is -0.535. The number of quaternary nitrogens is 1. The first-order chi connectivity index (χ1) is 31.3. The third-order valence-electron chi connectivity index (χ3n) is 10.2. The Morgan fingerprint density at radius 2 is 1.04 bits per heavy atom. The second-order valence-corrected chi connectivity index (χ2v) is 20.4. The SMILES string of the molecule is C.CC(C)(C)OC(=O)Nc1cccc2[nH]cc(Cl)c12.CCCCCCBr.CCCCCCn1cc(Cl)c2c(NC(=O)OC(C)(C)C)cccc21.CCCCCCn1cc(Cl)c2c([NH3+])cccc21.[Cl-]. The molecule has 0 saturated carbocycles. The number of nitrogens with one attached hydrogen (secondary N) is 3. The van der Waals surface area contributed by atoms with Crippen molar-refractivity contribution in [3.8, 4) is 0 Å². The van der Waals surface area contributed by atoms with E-state index in [-0.39, 0.29) is 19.8 Å². The molecule has 0 unspecified atom stereocenters. The highest BCUT2D eigenvalue weighted by atomic mass is 79.9. The van der Waals surface area contributed by atoms with Crippen LogP contribution in [0.15, 0.2) is 73.2 Å². The second-order valence-electron chi connectivity index (χ2n) is 18.3. The third-order valence-corrected chi connectivity index (χ3v) is 11.7. The Labute approximate surface area is 436 Å². The van der Waals surface area contributed by atoms with Gasteiger partial charge in [-0.1, -0.05) is 155 Å². The number of aryl methyl sites for hydroxylation is 2. The Kier molecular flexibility index (Phi) is 29.0. The van der Waals surface area contributed by atoms with E-state index in [4.69, 9.17) is 44.3 Å². The summed E-state index contributed by atoms with van der Waals surface area (Å²) in [6.45, 7) is 19.6. The first-order valence-corrected chi connectivity index (χ1v) is 25.8. The fourth-order valence-electron chi connectivity index (χ4n) is 7.16. The van der Waals surface area contributed by atoms with Crippen molar-refractivity contribution in [2.75, 3.05) is 16.0 Å². The van der Waals surface area contributed by atoms with Gasteiger partial charge in [0.1, 0.15) is 16.9 Å². The number of halogens is 5. The smallest absolute Gasteiger partial charge is 0.412 e. The number of aromatic nitrogens is 3. The maximum Gasteiger partial charge on any atom is 0.412 e. The van der Waals surface area contributed by atoms with Crippen molar-refractivity contribution in [2.24, 2.45) is 0 Å². The molecule has 0 aliphatic carbocycles. The molecule has 3 aromatic heterocycles. The summed E-state index contributed by atoms with van der Waals surface area (Å²) < 4.78 is 14.9. The van der Waals surface area contributed by atoms with Gasteiger partial charge in [-0.05, 0) is 97.2 Å². The molecule has 6 N–H and O–H groups in total. The van der Waals surface area contributed by atoms with Gasteiger partial charge in [-0.15, -0.1) is 0 Å². The molecule has 0 atom stereocenters. The first kappa shape index (κ1) is 62.4. The monoisotopic (exact) mass is 1080 g/mol. The molecule has 0 spiro atoms. The van der Waals surface area contributed by atoms with Crippen molar-refractivity contribution < 1.29 is 37.2 Å². The largest absolute Gasteiger partial charge is 1.00 e. The zero-order valence-electron chi connectivity index (χ0n) is 41.2. The van der Waals surface area contributed by atoms with Crippen LogP contribution in [0.4, 0.5) is 26.7 Å². The average Bonchev–Trinajstić information content (AvgIpc) is 3.90. The third kappa shape index (κ3) is 21.2. The lowest BCUT2D eigenvalue weighted by Crippen LogP contribution is -3.00. The number of fused-ring (bicyclic) bond motifs is 3. The number of unbranched alkanes of at least 4 members (excludes halogenated alkanes) is 9. The number of alkyl halides is 1. The number of benzene rings is 3. The van der Waals surface area contributed by atoms with Crippen molar-refractivity contribution >= 4 is 113 Å². The van der Waals surface area contributed by atoms with E-state index in [9.17, 15) is 9.59 Å².